The zero-order valence-corrected chi connectivity index (χ0v) is 55.0. The van der Waals surface area contributed by atoms with Gasteiger partial charge >= 0.3 is 0 Å². The number of aryl methyl sites for hydroxylation is 4. The van der Waals surface area contributed by atoms with E-state index in [1.165, 1.54) is 11.1 Å². The van der Waals surface area contributed by atoms with E-state index in [4.69, 9.17) is 0 Å². The lowest BCUT2D eigenvalue weighted by Crippen LogP contribution is -2.59. The molecule has 2 saturated heterocycles. The molecule has 0 radical (unpaired) electrons. The van der Waals surface area contributed by atoms with Crippen LogP contribution in [0.15, 0.2) is 85.2 Å². The van der Waals surface area contributed by atoms with E-state index in [-0.39, 0.29) is 136 Å². The van der Waals surface area contributed by atoms with Gasteiger partial charge in [0.25, 0.3) is 0 Å². The van der Waals surface area contributed by atoms with Crippen molar-refractivity contribution in [3.63, 3.8) is 0 Å². The fourth-order valence-corrected chi connectivity index (χ4v) is 12.6. The van der Waals surface area contributed by atoms with Crippen molar-refractivity contribution in [3.8, 4) is 0 Å². The standard InChI is InChI=1S/C66H88N14O8.2ClH/c1-39(67-9)59(83)71-57(65(3,4)5)63(87)77-37-47(33-53(77)61(85)69-51-26-16-20-41-18-11-13-24-49(41)51)79-35-45(73-75-79)28-30-55(81)43-22-15-23-44(32-43)56(82)31-29-46-36-80(76-74-46)48-34-54(62(86)70-52-27-17-21-42-19-12-14-25-50(42)52)78(38-48)64(88)58(66(6,7)8)72-60(84)40(2)68-10;;/h11-15,18-19,22-25,32,35-36,39-40,47-48,51-54,57-58,67-68H,16-17,20-21,26-31,33-34,37-38H2,1-10H3,(H,69,85)(H,70,86)(H,71,83)(H,72,84);2*1H/t39-,40-,47-,48-,51+,52+,53-,54-,57+,58+;;/m0../s1. The van der Waals surface area contributed by atoms with Gasteiger partial charge in [-0.1, -0.05) is 119 Å². The van der Waals surface area contributed by atoms with Gasteiger partial charge in [0.15, 0.2) is 11.6 Å². The minimum atomic E-state index is -0.935. The van der Waals surface area contributed by atoms with Gasteiger partial charge in [-0.2, -0.15) is 0 Å². The van der Waals surface area contributed by atoms with E-state index in [9.17, 15) is 38.4 Å². The number of fused-ring (bicyclic) bond motifs is 2. The van der Waals surface area contributed by atoms with Crippen LogP contribution in [0.25, 0.3) is 0 Å². The molecule has 10 atom stereocenters. The SMILES string of the molecule is CN[C@@H](C)C(=O)N[C@H](C(=O)N1C[C@@H](n2cc(CCC(=O)c3cccc(C(=O)CCc4cn([C@H]5C[C@@H](C(=O)N[C@@H]6CCCc7ccccc76)N(C(=O)[C@@H](NC(=O)[C@H](C)NC)C(C)(C)C)C5)nn4)c3)nn2)C[C@H]1C(=O)N[C@@H]1CCCc2ccccc21)C(C)(C)C.Cl.Cl. The molecule has 0 spiro atoms. The van der Waals surface area contributed by atoms with Gasteiger partial charge in [-0.3, -0.25) is 38.4 Å². The summed E-state index contributed by atoms with van der Waals surface area (Å²) in [5.41, 5.74) is 4.95. The molecule has 2 fully saturated rings. The predicted octanol–water partition coefficient (Wildman–Crippen LogP) is 6.29. The molecule has 0 unspecified atom stereocenters. The van der Waals surface area contributed by atoms with Crippen molar-refractivity contribution in [2.75, 3.05) is 27.2 Å². The van der Waals surface area contributed by atoms with E-state index in [1.807, 2.05) is 77.9 Å². The summed E-state index contributed by atoms with van der Waals surface area (Å²) in [6.07, 6.45) is 9.85. The summed E-state index contributed by atoms with van der Waals surface area (Å²) in [6.45, 7) is 15.0. The number of hydrogen-bond acceptors (Lipinski definition) is 14. The third-order valence-electron chi connectivity index (χ3n) is 18.1. The van der Waals surface area contributed by atoms with Crippen molar-refractivity contribution in [2.24, 2.45) is 10.8 Å². The molecule has 2 aliphatic heterocycles. The number of benzene rings is 3. The predicted molar refractivity (Wildman–Crippen MR) is 345 cm³/mol. The lowest BCUT2D eigenvalue weighted by Gasteiger charge is -2.36. The van der Waals surface area contributed by atoms with Crippen LogP contribution in [-0.2, 0) is 54.5 Å². The van der Waals surface area contributed by atoms with Gasteiger partial charge in [0.05, 0.1) is 47.6 Å². The Hall–Kier alpha value is -7.40. The van der Waals surface area contributed by atoms with Crippen molar-refractivity contribution >= 4 is 71.8 Å². The highest BCUT2D eigenvalue weighted by Gasteiger charge is 2.48. The van der Waals surface area contributed by atoms with Gasteiger partial charge in [-0.15, -0.1) is 35.0 Å². The summed E-state index contributed by atoms with van der Waals surface area (Å²) in [7, 11) is 3.35. The van der Waals surface area contributed by atoms with Crippen molar-refractivity contribution in [3.05, 3.63) is 130 Å². The first-order valence-electron chi connectivity index (χ1n) is 31.2. The topological polar surface area (TPSA) is 277 Å². The Balaban J connectivity index is 0.00000576. The molecule has 9 rings (SSSR count). The zero-order valence-electron chi connectivity index (χ0n) is 53.4. The number of likely N-dealkylation sites (N-methyl/N-ethyl adjacent to an activating group) is 2. The minimum Gasteiger partial charge on any atom is -0.347 e. The Morgan fingerprint density at radius 2 is 0.944 bits per heavy atom. The smallest absolute Gasteiger partial charge is 0.246 e. The number of hydrogen-bond donors (Lipinski definition) is 6. The third kappa shape index (κ3) is 16.4. The van der Waals surface area contributed by atoms with Crippen LogP contribution in [-0.4, -0.2) is 150 Å². The van der Waals surface area contributed by atoms with Crippen LogP contribution in [0.3, 0.4) is 0 Å². The third-order valence-corrected chi connectivity index (χ3v) is 18.1. The van der Waals surface area contributed by atoms with Crippen LogP contribution < -0.4 is 31.9 Å². The summed E-state index contributed by atoms with van der Waals surface area (Å²) in [5, 5.41) is 36.0. The average molecular weight is 1280 g/mol. The maximum Gasteiger partial charge on any atom is 0.246 e. The number of amides is 6. The number of carbonyl (C=O) groups is 8. The van der Waals surface area contributed by atoms with Crippen LogP contribution >= 0.6 is 24.8 Å². The Morgan fingerprint density at radius 1 is 0.556 bits per heavy atom. The van der Waals surface area contributed by atoms with Crippen LogP contribution in [0, 0.1) is 10.8 Å². The lowest BCUT2D eigenvalue weighted by molar-refractivity contribution is -0.144. The largest absolute Gasteiger partial charge is 0.347 e. The van der Waals surface area contributed by atoms with E-state index in [0.29, 0.717) is 22.5 Å². The van der Waals surface area contributed by atoms with Crippen LogP contribution in [0.1, 0.15) is 185 Å². The molecule has 486 valence electrons. The summed E-state index contributed by atoms with van der Waals surface area (Å²) in [5.74, 6) is -2.37. The normalized spacial score (nSPS) is 21.0. The molecule has 4 aliphatic rings. The summed E-state index contributed by atoms with van der Waals surface area (Å²) < 4.78 is 3.31. The van der Waals surface area contributed by atoms with Crippen molar-refractivity contribution < 1.29 is 38.4 Å². The van der Waals surface area contributed by atoms with Crippen molar-refractivity contribution in [1.82, 2.24) is 71.7 Å². The molecule has 2 aliphatic carbocycles. The summed E-state index contributed by atoms with van der Waals surface area (Å²) in [4.78, 5) is 116. The molecule has 6 amide bonds. The Labute approximate surface area is 540 Å². The second-order valence-corrected chi connectivity index (χ2v) is 26.5. The molecule has 3 aromatic carbocycles. The first kappa shape index (κ1) is 70.1. The van der Waals surface area contributed by atoms with E-state index in [0.717, 1.165) is 49.7 Å². The molecular weight excluding hydrogens is 1190 g/mol. The van der Waals surface area contributed by atoms with Gasteiger partial charge in [0, 0.05) is 75.1 Å². The monoisotopic (exact) mass is 1280 g/mol. The molecule has 0 saturated carbocycles. The minimum absolute atomic E-state index is 0. The lowest BCUT2D eigenvalue weighted by atomic mass is 9.85. The van der Waals surface area contributed by atoms with Crippen LogP contribution in [0.4, 0.5) is 0 Å². The van der Waals surface area contributed by atoms with Gasteiger partial charge in [0.1, 0.15) is 24.2 Å². The van der Waals surface area contributed by atoms with E-state index >= 15 is 0 Å². The number of rotatable bonds is 22. The summed E-state index contributed by atoms with van der Waals surface area (Å²) >= 11 is 0. The summed E-state index contributed by atoms with van der Waals surface area (Å²) in [6, 6.07) is 16.8. The maximum atomic E-state index is 14.7. The number of carbonyl (C=O) groups excluding carboxylic acids is 8. The molecule has 0 bridgehead atoms. The first-order valence-corrected chi connectivity index (χ1v) is 31.2. The zero-order chi connectivity index (χ0) is 63.2. The first-order chi connectivity index (χ1) is 41.9. The van der Waals surface area contributed by atoms with Gasteiger partial charge in [-0.05, 0) is 106 Å². The molecule has 24 heteroatoms. The van der Waals surface area contributed by atoms with Crippen LogP contribution in [0.5, 0.6) is 0 Å². The van der Waals surface area contributed by atoms with E-state index in [2.05, 4.69) is 64.7 Å². The number of likely N-dealkylation sites (tertiary alicyclic amines) is 2. The number of nitrogens with one attached hydrogen (secondary N) is 6. The second kappa shape index (κ2) is 30.1. The molecule has 2 aromatic heterocycles. The number of Topliss-reactive ketones (excluding diaryl/α,β-unsaturated/α-hetero) is 2. The van der Waals surface area contributed by atoms with E-state index in [1.54, 1.807) is 83.8 Å². The quantitative estimate of drug-likeness (QED) is 0.0416. The number of nitrogens with zero attached hydrogens (tertiary/aromatic N) is 8. The molecule has 90 heavy (non-hydrogen) atoms. The van der Waals surface area contributed by atoms with Crippen LogP contribution in [0.2, 0.25) is 0 Å². The Bertz CT molecular complexity index is 3180. The highest BCUT2D eigenvalue weighted by atomic mass is 35.5. The molecule has 6 N–H and O–H groups in total. The fraction of sp³-hybridized carbons (Fsp3) is 0.545. The number of aromatic nitrogens is 6. The van der Waals surface area contributed by atoms with Crippen molar-refractivity contribution in [1.29, 1.82) is 0 Å². The van der Waals surface area contributed by atoms with Crippen molar-refractivity contribution in [2.45, 2.75) is 193 Å². The highest BCUT2D eigenvalue weighted by Crippen LogP contribution is 2.36. The average Bonchev–Trinajstić information content (AvgIpc) is 1.66. The van der Waals surface area contributed by atoms with Gasteiger partial charge in [-0.25, -0.2) is 9.36 Å². The molecule has 22 nitrogen and oxygen atoms in total. The molecule has 4 heterocycles. The van der Waals surface area contributed by atoms with E-state index < -0.39 is 59.2 Å². The highest BCUT2D eigenvalue weighted by molar-refractivity contribution is 6.01. The molecular formula is C66H90Cl2N14O8. The van der Waals surface area contributed by atoms with Gasteiger partial charge < -0.3 is 41.7 Å². The van der Waals surface area contributed by atoms with Gasteiger partial charge in [0.2, 0.25) is 35.4 Å². The Morgan fingerprint density at radius 3 is 1.32 bits per heavy atom. The number of ketones is 2. The Kier molecular flexibility index (Phi) is 23.5. The second-order valence-electron chi connectivity index (χ2n) is 26.5. The maximum absolute atomic E-state index is 14.7. The number of halogens is 2. The fourth-order valence-electron chi connectivity index (χ4n) is 12.6. The molecule has 5 aromatic rings.